The molecule has 1 atom stereocenters. The first-order valence-corrected chi connectivity index (χ1v) is 4.28. The van der Waals surface area contributed by atoms with E-state index in [1.54, 1.807) is 6.92 Å². The van der Waals surface area contributed by atoms with Crippen LogP contribution < -0.4 is 5.32 Å². The third-order valence-corrected chi connectivity index (χ3v) is 2.07. The van der Waals surface area contributed by atoms with E-state index in [4.69, 9.17) is 5.11 Å². The Kier molecular flexibility index (Phi) is 3.06. The van der Waals surface area contributed by atoms with Crippen LogP contribution >= 0.6 is 0 Å². The first-order valence-electron chi connectivity index (χ1n) is 4.28. The van der Waals surface area contributed by atoms with E-state index in [1.807, 2.05) is 0 Å². The number of carbonyl (C=O) groups is 3. The molecule has 14 heavy (non-hydrogen) atoms. The number of carbonyl (C=O) groups excluding carboxylic acids is 2. The van der Waals surface area contributed by atoms with Crippen LogP contribution in [0.25, 0.3) is 0 Å². The van der Waals surface area contributed by atoms with Crippen molar-refractivity contribution in [2.45, 2.75) is 19.4 Å². The molecule has 6 nitrogen and oxygen atoms in total. The van der Waals surface area contributed by atoms with Gasteiger partial charge in [-0.15, -0.1) is 0 Å². The molecule has 1 fully saturated rings. The number of hydrogen-bond donors (Lipinski definition) is 2. The third-order valence-electron chi connectivity index (χ3n) is 2.07. The molecular weight excluding hydrogens is 188 g/mol. The first kappa shape index (κ1) is 10.5. The van der Waals surface area contributed by atoms with Gasteiger partial charge < -0.3 is 15.3 Å². The molecule has 0 aliphatic carbocycles. The fraction of sp³-hybridized carbons (Fsp3) is 0.625. The van der Waals surface area contributed by atoms with Crippen LogP contribution in [0.3, 0.4) is 0 Å². The molecule has 0 saturated carbocycles. The molecule has 0 bridgehead atoms. The van der Waals surface area contributed by atoms with Crippen molar-refractivity contribution in [1.29, 1.82) is 0 Å². The SMILES string of the molecule is CC(CC(=O)O)N1CC(=O)NCC1=O. The largest absolute Gasteiger partial charge is 0.481 e. The van der Waals surface area contributed by atoms with Crippen molar-refractivity contribution in [3.8, 4) is 0 Å². The van der Waals surface area contributed by atoms with Gasteiger partial charge in [0.25, 0.3) is 0 Å². The van der Waals surface area contributed by atoms with Crippen LogP contribution in [0.5, 0.6) is 0 Å². The Labute approximate surface area is 80.9 Å². The zero-order chi connectivity index (χ0) is 10.7. The summed E-state index contributed by atoms with van der Waals surface area (Å²) in [6.07, 6.45) is -0.140. The summed E-state index contributed by atoms with van der Waals surface area (Å²) in [6, 6.07) is -0.439. The Morgan fingerprint density at radius 2 is 2.29 bits per heavy atom. The second-order valence-electron chi connectivity index (χ2n) is 3.25. The van der Waals surface area contributed by atoms with E-state index < -0.39 is 12.0 Å². The highest BCUT2D eigenvalue weighted by Crippen LogP contribution is 2.06. The summed E-state index contributed by atoms with van der Waals surface area (Å²) in [7, 11) is 0. The minimum absolute atomic E-state index is 0.0389. The minimum atomic E-state index is -0.976. The lowest BCUT2D eigenvalue weighted by Gasteiger charge is -2.31. The van der Waals surface area contributed by atoms with Crippen molar-refractivity contribution in [3.05, 3.63) is 0 Å². The van der Waals surface area contributed by atoms with Gasteiger partial charge in [-0.1, -0.05) is 0 Å². The highest BCUT2D eigenvalue weighted by atomic mass is 16.4. The number of piperazine rings is 1. The van der Waals surface area contributed by atoms with Crippen LogP contribution in [-0.2, 0) is 14.4 Å². The molecule has 0 spiro atoms. The summed E-state index contributed by atoms with van der Waals surface area (Å²) in [6.45, 7) is 1.53. The normalized spacial score (nSPS) is 19.1. The van der Waals surface area contributed by atoms with Crippen LogP contribution in [0, 0.1) is 0 Å². The standard InChI is InChI=1S/C8H12N2O4/c1-5(2-8(13)14)10-4-6(11)9-3-7(10)12/h5H,2-4H2,1H3,(H,9,11)(H,13,14). The molecule has 0 radical (unpaired) electrons. The number of amides is 2. The van der Waals surface area contributed by atoms with Crippen LogP contribution in [0.1, 0.15) is 13.3 Å². The second kappa shape index (κ2) is 4.08. The van der Waals surface area contributed by atoms with E-state index >= 15 is 0 Å². The van der Waals surface area contributed by atoms with Crippen LogP contribution in [0.4, 0.5) is 0 Å². The Balaban J connectivity index is 2.59. The number of aliphatic carboxylic acids is 1. The van der Waals surface area contributed by atoms with Gasteiger partial charge in [0.05, 0.1) is 19.5 Å². The molecule has 78 valence electrons. The zero-order valence-corrected chi connectivity index (χ0v) is 7.82. The maximum Gasteiger partial charge on any atom is 0.305 e. The molecule has 1 rings (SSSR count). The summed E-state index contributed by atoms with van der Waals surface area (Å²) < 4.78 is 0. The van der Waals surface area contributed by atoms with E-state index in [2.05, 4.69) is 5.32 Å². The third kappa shape index (κ3) is 2.45. The Bertz CT molecular complexity index is 277. The molecule has 1 saturated heterocycles. The quantitative estimate of drug-likeness (QED) is 0.599. The maximum absolute atomic E-state index is 11.3. The zero-order valence-electron chi connectivity index (χ0n) is 7.82. The number of carboxylic acid groups (broad SMARTS) is 1. The Hall–Kier alpha value is -1.59. The number of nitrogens with zero attached hydrogens (tertiary/aromatic N) is 1. The van der Waals surface area contributed by atoms with E-state index in [-0.39, 0.29) is 31.3 Å². The molecule has 1 aliphatic rings. The first-order chi connectivity index (χ1) is 6.50. The molecule has 0 aromatic carbocycles. The monoisotopic (exact) mass is 200 g/mol. The molecular formula is C8H12N2O4. The molecule has 0 aromatic rings. The van der Waals surface area contributed by atoms with Crippen molar-refractivity contribution in [2.24, 2.45) is 0 Å². The molecule has 1 aliphatic heterocycles. The van der Waals surface area contributed by atoms with Gasteiger partial charge in [-0.2, -0.15) is 0 Å². The fourth-order valence-corrected chi connectivity index (χ4v) is 1.34. The van der Waals surface area contributed by atoms with Gasteiger partial charge in [0.2, 0.25) is 11.8 Å². The lowest BCUT2D eigenvalue weighted by Crippen LogP contribution is -2.54. The number of rotatable bonds is 3. The summed E-state index contributed by atoms with van der Waals surface area (Å²) >= 11 is 0. The average Bonchev–Trinajstić information content (AvgIpc) is 2.08. The van der Waals surface area contributed by atoms with Gasteiger partial charge in [0.15, 0.2) is 0 Å². The summed E-state index contributed by atoms with van der Waals surface area (Å²) in [4.78, 5) is 33.9. The lowest BCUT2D eigenvalue weighted by molar-refractivity contribution is -0.145. The van der Waals surface area contributed by atoms with E-state index in [0.29, 0.717) is 0 Å². The molecule has 2 amide bonds. The smallest absolute Gasteiger partial charge is 0.305 e. The van der Waals surface area contributed by atoms with Gasteiger partial charge in [0, 0.05) is 6.04 Å². The molecule has 1 heterocycles. The summed E-state index contributed by atoms with van der Waals surface area (Å²) in [5.41, 5.74) is 0. The number of carboxylic acids is 1. The molecule has 2 N–H and O–H groups in total. The molecule has 1 unspecified atom stereocenters. The highest BCUT2D eigenvalue weighted by Gasteiger charge is 2.28. The van der Waals surface area contributed by atoms with E-state index in [1.165, 1.54) is 4.90 Å². The van der Waals surface area contributed by atoms with Gasteiger partial charge in [-0.25, -0.2) is 0 Å². The maximum atomic E-state index is 11.3. The predicted octanol–water partition coefficient (Wildman–Crippen LogP) is -1.19. The van der Waals surface area contributed by atoms with Crippen molar-refractivity contribution in [3.63, 3.8) is 0 Å². The van der Waals surface area contributed by atoms with Gasteiger partial charge in [-0.05, 0) is 6.92 Å². The van der Waals surface area contributed by atoms with Crippen molar-refractivity contribution < 1.29 is 19.5 Å². The van der Waals surface area contributed by atoms with Crippen molar-refractivity contribution in [1.82, 2.24) is 10.2 Å². The average molecular weight is 200 g/mol. The predicted molar refractivity (Wildman–Crippen MR) is 46.4 cm³/mol. The Morgan fingerprint density at radius 1 is 1.64 bits per heavy atom. The van der Waals surface area contributed by atoms with Crippen LogP contribution in [0.2, 0.25) is 0 Å². The van der Waals surface area contributed by atoms with Gasteiger partial charge in [-0.3, -0.25) is 14.4 Å². The number of hydrogen-bond acceptors (Lipinski definition) is 3. The number of nitrogens with one attached hydrogen (secondary N) is 1. The topological polar surface area (TPSA) is 86.7 Å². The molecule has 6 heteroatoms. The fourth-order valence-electron chi connectivity index (χ4n) is 1.34. The highest BCUT2D eigenvalue weighted by molar-refractivity contribution is 5.92. The van der Waals surface area contributed by atoms with Gasteiger partial charge in [0.1, 0.15) is 0 Å². The summed E-state index contributed by atoms with van der Waals surface area (Å²) in [5.74, 6) is -1.46. The summed E-state index contributed by atoms with van der Waals surface area (Å²) in [5, 5.41) is 10.9. The van der Waals surface area contributed by atoms with E-state index in [9.17, 15) is 14.4 Å². The Morgan fingerprint density at radius 3 is 2.86 bits per heavy atom. The van der Waals surface area contributed by atoms with Crippen LogP contribution in [-0.4, -0.2) is 46.9 Å². The van der Waals surface area contributed by atoms with E-state index in [0.717, 1.165) is 0 Å². The van der Waals surface area contributed by atoms with Gasteiger partial charge >= 0.3 is 5.97 Å². The second-order valence-corrected chi connectivity index (χ2v) is 3.25. The minimum Gasteiger partial charge on any atom is -0.481 e. The molecule has 0 aromatic heterocycles. The van der Waals surface area contributed by atoms with Crippen molar-refractivity contribution >= 4 is 17.8 Å². The lowest BCUT2D eigenvalue weighted by atomic mass is 10.2. The van der Waals surface area contributed by atoms with Crippen LogP contribution in [0.15, 0.2) is 0 Å². The van der Waals surface area contributed by atoms with Crippen molar-refractivity contribution in [2.75, 3.05) is 13.1 Å².